The number of nitrogens with zero attached hydrogens (tertiary/aromatic N) is 1. The summed E-state index contributed by atoms with van der Waals surface area (Å²) >= 11 is 11.4. The molecule has 0 amide bonds. The minimum absolute atomic E-state index is 0.340. The second-order valence-corrected chi connectivity index (χ2v) is 3.27. The van der Waals surface area contributed by atoms with E-state index < -0.39 is 0 Å². The summed E-state index contributed by atoms with van der Waals surface area (Å²) < 4.78 is 0. The van der Waals surface area contributed by atoms with E-state index in [0.29, 0.717) is 10.2 Å². The van der Waals surface area contributed by atoms with Gasteiger partial charge in [0.1, 0.15) is 5.15 Å². The Labute approximate surface area is 87.6 Å². The lowest BCUT2D eigenvalue weighted by molar-refractivity contribution is 0.922. The molecule has 0 aliphatic rings. The first-order valence-electron chi connectivity index (χ1n) is 3.86. The van der Waals surface area contributed by atoms with Crippen LogP contribution in [0.25, 0.3) is 6.08 Å². The fourth-order valence-corrected chi connectivity index (χ4v) is 1.12. The molecule has 0 saturated heterocycles. The van der Waals surface area contributed by atoms with Gasteiger partial charge in [-0.1, -0.05) is 35.4 Å². The summed E-state index contributed by atoms with van der Waals surface area (Å²) in [4.78, 5) is 3.92. The Morgan fingerprint density at radius 2 is 2.31 bits per heavy atom. The van der Waals surface area contributed by atoms with Crippen molar-refractivity contribution in [2.45, 2.75) is 0 Å². The van der Waals surface area contributed by atoms with Crippen LogP contribution in [0.2, 0.25) is 10.2 Å². The topological polar surface area (TPSA) is 24.9 Å². The fourth-order valence-electron chi connectivity index (χ4n) is 0.840. The molecule has 0 fully saturated rings. The number of pyridine rings is 1. The van der Waals surface area contributed by atoms with Gasteiger partial charge in [0.2, 0.25) is 0 Å². The van der Waals surface area contributed by atoms with Gasteiger partial charge in [-0.2, -0.15) is 0 Å². The molecular weight excluding hydrogens is 207 g/mol. The van der Waals surface area contributed by atoms with Crippen molar-refractivity contribution in [2.75, 3.05) is 13.6 Å². The molecule has 13 heavy (non-hydrogen) atoms. The highest BCUT2D eigenvalue weighted by Crippen LogP contribution is 2.20. The van der Waals surface area contributed by atoms with Crippen LogP contribution in [0.1, 0.15) is 5.56 Å². The first-order chi connectivity index (χ1) is 6.24. The van der Waals surface area contributed by atoms with Crippen LogP contribution in [0.3, 0.4) is 0 Å². The molecule has 70 valence electrons. The van der Waals surface area contributed by atoms with Crippen LogP contribution in [0.5, 0.6) is 0 Å². The lowest BCUT2D eigenvalue weighted by Gasteiger charge is -1.96. The second kappa shape index (κ2) is 5.22. The maximum Gasteiger partial charge on any atom is 0.147 e. The maximum atomic E-state index is 5.78. The van der Waals surface area contributed by atoms with Crippen LogP contribution in [-0.4, -0.2) is 18.6 Å². The van der Waals surface area contributed by atoms with Crippen LogP contribution >= 0.6 is 23.2 Å². The van der Waals surface area contributed by atoms with E-state index in [-0.39, 0.29) is 0 Å². The molecule has 1 N–H and O–H groups in total. The van der Waals surface area contributed by atoms with Gasteiger partial charge in [0, 0.05) is 12.7 Å². The molecule has 0 unspecified atom stereocenters. The molecule has 1 aromatic heterocycles. The lowest BCUT2D eigenvalue weighted by atomic mass is 10.2. The smallest absolute Gasteiger partial charge is 0.147 e. The predicted octanol–water partition coefficient (Wildman–Crippen LogP) is 2.62. The summed E-state index contributed by atoms with van der Waals surface area (Å²) in [6, 6.07) is 1.78. The molecule has 0 spiro atoms. The summed E-state index contributed by atoms with van der Waals surface area (Å²) in [5, 5.41) is 3.82. The Kier molecular flexibility index (Phi) is 4.22. The second-order valence-electron chi connectivity index (χ2n) is 2.50. The Morgan fingerprint density at radius 1 is 1.54 bits per heavy atom. The van der Waals surface area contributed by atoms with E-state index in [4.69, 9.17) is 23.2 Å². The molecule has 0 aliphatic carbocycles. The van der Waals surface area contributed by atoms with E-state index in [9.17, 15) is 0 Å². The van der Waals surface area contributed by atoms with Gasteiger partial charge in [-0.25, -0.2) is 4.98 Å². The SMILES string of the molecule is CNCC=Cc1cnc(Cl)c(Cl)c1. The van der Waals surface area contributed by atoms with Gasteiger partial charge in [-0.05, 0) is 18.7 Å². The largest absolute Gasteiger partial charge is 0.316 e. The highest BCUT2D eigenvalue weighted by molar-refractivity contribution is 6.41. The van der Waals surface area contributed by atoms with Gasteiger partial charge in [0.25, 0.3) is 0 Å². The van der Waals surface area contributed by atoms with Crippen LogP contribution in [0.15, 0.2) is 18.3 Å². The van der Waals surface area contributed by atoms with E-state index in [1.54, 1.807) is 12.3 Å². The Hall–Kier alpha value is -0.570. The van der Waals surface area contributed by atoms with E-state index in [1.807, 2.05) is 19.2 Å². The van der Waals surface area contributed by atoms with E-state index >= 15 is 0 Å². The third kappa shape index (κ3) is 3.35. The summed E-state index contributed by atoms with van der Waals surface area (Å²) in [6.45, 7) is 0.820. The minimum Gasteiger partial charge on any atom is -0.316 e. The highest BCUT2D eigenvalue weighted by Gasteiger charge is 1.97. The van der Waals surface area contributed by atoms with Crippen molar-refractivity contribution in [3.05, 3.63) is 34.1 Å². The van der Waals surface area contributed by atoms with Gasteiger partial charge in [-0.15, -0.1) is 0 Å². The quantitative estimate of drug-likeness (QED) is 0.787. The summed E-state index contributed by atoms with van der Waals surface area (Å²) in [7, 11) is 1.89. The zero-order valence-corrected chi connectivity index (χ0v) is 8.73. The molecule has 2 nitrogen and oxygen atoms in total. The first-order valence-corrected chi connectivity index (χ1v) is 4.62. The summed E-state index contributed by atoms with van der Waals surface area (Å²) in [6.07, 6.45) is 5.60. The molecule has 0 saturated carbocycles. The summed E-state index contributed by atoms with van der Waals surface area (Å²) in [5.41, 5.74) is 0.949. The number of rotatable bonds is 3. The van der Waals surface area contributed by atoms with Gasteiger partial charge in [0.05, 0.1) is 5.02 Å². The molecule has 0 atom stereocenters. The Morgan fingerprint density at radius 3 is 2.92 bits per heavy atom. The number of nitrogens with one attached hydrogen (secondary N) is 1. The Balaban J connectivity index is 2.73. The van der Waals surface area contributed by atoms with Gasteiger partial charge in [-0.3, -0.25) is 0 Å². The zero-order chi connectivity index (χ0) is 9.68. The highest BCUT2D eigenvalue weighted by atomic mass is 35.5. The standard InChI is InChI=1S/C9H10Cl2N2/c1-12-4-2-3-7-5-8(10)9(11)13-6-7/h2-3,5-6,12H,4H2,1H3. The number of hydrogen-bond acceptors (Lipinski definition) is 2. The minimum atomic E-state index is 0.340. The lowest BCUT2D eigenvalue weighted by Crippen LogP contribution is -2.03. The normalized spacial score (nSPS) is 11.0. The fraction of sp³-hybridized carbons (Fsp3) is 0.222. The van der Waals surface area contributed by atoms with Crippen molar-refractivity contribution < 1.29 is 0 Å². The van der Waals surface area contributed by atoms with Crippen LogP contribution in [0, 0.1) is 0 Å². The molecule has 0 aliphatic heterocycles. The number of aromatic nitrogens is 1. The van der Waals surface area contributed by atoms with E-state index in [1.165, 1.54) is 0 Å². The number of likely N-dealkylation sites (N-methyl/N-ethyl adjacent to an activating group) is 1. The van der Waals surface area contributed by atoms with Crippen molar-refractivity contribution in [3.8, 4) is 0 Å². The van der Waals surface area contributed by atoms with Gasteiger partial charge >= 0.3 is 0 Å². The van der Waals surface area contributed by atoms with Crippen molar-refractivity contribution >= 4 is 29.3 Å². The van der Waals surface area contributed by atoms with Crippen molar-refractivity contribution in [2.24, 2.45) is 0 Å². The summed E-state index contributed by atoms with van der Waals surface area (Å²) in [5.74, 6) is 0. The number of hydrogen-bond donors (Lipinski definition) is 1. The van der Waals surface area contributed by atoms with Crippen LogP contribution in [-0.2, 0) is 0 Å². The average molecular weight is 217 g/mol. The Bertz CT molecular complexity index is 310. The van der Waals surface area contributed by atoms with E-state index in [2.05, 4.69) is 10.3 Å². The molecule has 1 heterocycles. The van der Waals surface area contributed by atoms with Gasteiger partial charge in [0.15, 0.2) is 0 Å². The van der Waals surface area contributed by atoms with Crippen LogP contribution < -0.4 is 5.32 Å². The first kappa shape index (κ1) is 10.5. The van der Waals surface area contributed by atoms with Crippen molar-refractivity contribution in [1.29, 1.82) is 0 Å². The van der Waals surface area contributed by atoms with Crippen molar-refractivity contribution in [3.63, 3.8) is 0 Å². The average Bonchev–Trinajstić information content (AvgIpc) is 2.12. The van der Waals surface area contributed by atoms with Crippen molar-refractivity contribution in [1.82, 2.24) is 10.3 Å². The third-order valence-corrected chi connectivity index (χ3v) is 2.14. The maximum absolute atomic E-state index is 5.78. The molecule has 0 aromatic carbocycles. The molecule has 1 rings (SSSR count). The van der Waals surface area contributed by atoms with Crippen LogP contribution in [0.4, 0.5) is 0 Å². The zero-order valence-electron chi connectivity index (χ0n) is 7.22. The molecule has 1 aromatic rings. The third-order valence-electron chi connectivity index (χ3n) is 1.45. The molecular formula is C9H10Cl2N2. The number of halogens is 2. The molecule has 0 radical (unpaired) electrons. The predicted molar refractivity (Wildman–Crippen MR) is 57.2 cm³/mol. The molecule has 0 bridgehead atoms. The van der Waals surface area contributed by atoms with E-state index in [0.717, 1.165) is 12.1 Å². The monoisotopic (exact) mass is 216 g/mol. The van der Waals surface area contributed by atoms with Gasteiger partial charge < -0.3 is 5.32 Å². The molecule has 4 heteroatoms.